The average molecular weight is 308 g/mol. The van der Waals surface area contributed by atoms with Crippen molar-refractivity contribution in [3.63, 3.8) is 0 Å². The Morgan fingerprint density at radius 3 is 2.68 bits per heavy atom. The zero-order chi connectivity index (χ0) is 15.8. The number of carbonyl (C=O) groups is 1. The van der Waals surface area contributed by atoms with Crippen molar-refractivity contribution in [2.24, 2.45) is 5.73 Å². The number of hydrogen-bond donors (Lipinski definition) is 2. The molecule has 0 aliphatic carbocycles. The molecule has 8 nitrogen and oxygen atoms in total. The summed E-state index contributed by atoms with van der Waals surface area (Å²) in [5, 5.41) is 2.83. The third-order valence-electron chi connectivity index (χ3n) is 3.62. The number of rotatable bonds is 7. The second kappa shape index (κ2) is 8.62. The van der Waals surface area contributed by atoms with Gasteiger partial charge in [0.05, 0.1) is 6.61 Å². The number of anilines is 1. The molecule has 3 N–H and O–H groups in total. The van der Waals surface area contributed by atoms with Gasteiger partial charge in [0, 0.05) is 58.8 Å². The molecule has 0 radical (unpaired) electrons. The first-order chi connectivity index (χ1) is 10.7. The number of hydrogen-bond acceptors (Lipinski definition) is 7. The summed E-state index contributed by atoms with van der Waals surface area (Å²) in [7, 11) is 1.53. The van der Waals surface area contributed by atoms with Crippen LogP contribution in [-0.2, 0) is 9.53 Å². The van der Waals surface area contributed by atoms with Gasteiger partial charge in [-0.15, -0.1) is 0 Å². The number of piperazine rings is 1. The molecule has 2 rings (SSSR count). The highest BCUT2D eigenvalue weighted by Crippen LogP contribution is 2.08. The van der Waals surface area contributed by atoms with Gasteiger partial charge in [-0.3, -0.25) is 9.69 Å². The lowest BCUT2D eigenvalue weighted by Gasteiger charge is -2.34. The van der Waals surface area contributed by atoms with E-state index in [1.807, 2.05) is 6.07 Å². The van der Waals surface area contributed by atoms with Crippen molar-refractivity contribution < 1.29 is 9.53 Å². The fraction of sp³-hybridized carbons (Fsp3) is 0.643. The van der Waals surface area contributed by atoms with Gasteiger partial charge in [0.2, 0.25) is 11.9 Å². The fourth-order valence-electron chi connectivity index (χ4n) is 2.35. The second-order valence-electron chi connectivity index (χ2n) is 5.23. The number of nitrogens with one attached hydrogen (secondary N) is 1. The Morgan fingerprint density at radius 1 is 1.36 bits per heavy atom. The molecule has 8 heteroatoms. The maximum absolute atomic E-state index is 11.7. The van der Waals surface area contributed by atoms with Crippen LogP contribution in [-0.4, -0.2) is 79.8 Å². The van der Waals surface area contributed by atoms with Crippen LogP contribution in [0.1, 0.15) is 0 Å². The first-order valence-corrected chi connectivity index (χ1v) is 7.47. The quantitative estimate of drug-likeness (QED) is 0.645. The Hall–Kier alpha value is -1.77. The van der Waals surface area contributed by atoms with Crippen LogP contribution in [0.25, 0.3) is 0 Å². The molecule has 0 bridgehead atoms. The summed E-state index contributed by atoms with van der Waals surface area (Å²) in [5.41, 5.74) is 5.66. The third kappa shape index (κ3) is 4.90. The van der Waals surface area contributed by atoms with Gasteiger partial charge in [0.15, 0.2) is 0 Å². The number of amides is 1. The van der Waals surface area contributed by atoms with E-state index in [9.17, 15) is 4.79 Å². The fourth-order valence-corrected chi connectivity index (χ4v) is 2.35. The molecule has 1 saturated heterocycles. The molecule has 1 aromatic rings. The summed E-state index contributed by atoms with van der Waals surface area (Å²) in [6.45, 7) is 5.29. The van der Waals surface area contributed by atoms with E-state index >= 15 is 0 Å². The van der Waals surface area contributed by atoms with Gasteiger partial charge in [-0.05, 0) is 6.07 Å². The lowest BCUT2D eigenvalue weighted by Crippen LogP contribution is -2.50. The average Bonchev–Trinajstić information content (AvgIpc) is 2.56. The number of ether oxygens (including phenoxy) is 1. The minimum absolute atomic E-state index is 0.168. The van der Waals surface area contributed by atoms with Crippen molar-refractivity contribution in [2.45, 2.75) is 6.04 Å². The summed E-state index contributed by atoms with van der Waals surface area (Å²) in [5.74, 6) is 0.610. The second-order valence-corrected chi connectivity index (χ2v) is 5.23. The molecule has 0 spiro atoms. The Kier molecular flexibility index (Phi) is 6.50. The molecule has 1 aliphatic heterocycles. The topological polar surface area (TPSA) is 96.6 Å². The predicted octanol–water partition coefficient (Wildman–Crippen LogP) is -1.31. The molecule has 22 heavy (non-hydrogen) atoms. The summed E-state index contributed by atoms with van der Waals surface area (Å²) in [4.78, 5) is 24.7. The van der Waals surface area contributed by atoms with Crippen LogP contribution in [0.15, 0.2) is 18.5 Å². The Bertz CT molecular complexity index is 450. The van der Waals surface area contributed by atoms with Crippen molar-refractivity contribution in [3.05, 3.63) is 18.5 Å². The van der Waals surface area contributed by atoms with E-state index in [1.165, 1.54) is 7.11 Å². The maximum Gasteiger partial charge on any atom is 0.239 e. The predicted molar refractivity (Wildman–Crippen MR) is 83.5 cm³/mol. The van der Waals surface area contributed by atoms with E-state index in [0.717, 1.165) is 38.7 Å². The van der Waals surface area contributed by atoms with Gasteiger partial charge in [-0.2, -0.15) is 0 Å². The number of nitrogens with zero attached hydrogens (tertiary/aromatic N) is 4. The Labute approximate surface area is 130 Å². The molecule has 1 unspecified atom stereocenters. The van der Waals surface area contributed by atoms with E-state index in [0.29, 0.717) is 6.54 Å². The molecular formula is C14H24N6O2. The number of nitrogens with two attached hydrogens (primary N) is 1. The normalized spacial score (nSPS) is 17.3. The van der Waals surface area contributed by atoms with Crippen LogP contribution < -0.4 is 16.0 Å². The lowest BCUT2D eigenvalue weighted by molar-refractivity contribution is -0.123. The van der Waals surface area contributed by atoms with Crippen LogP contribution in [0, 0.1) is 0 Å². The minimum Gasteiger partial charge on any atom is -0.383 e. The third-order valence-corrected chi connectivity index (χ3v) is 3.62. The van der Waals surface area contributed by atoms with Gasteiger partial charge in [0.1, 0.15) is 6.04 Å². The lowest BCUT2D eigenvalue weighted by atomic mass is 10.3. The van der Waals surface area contributed by atoms with E-state index in [2.05, 4.69) is 25.1 Å². The van der Waals surface area contributed by atoms with Crippen molar-refractivity contribution in [3.8, 4) is 0 Å². The highest BCUT2D eigenvalue weighted by Gasteiger charge is 2.19. The number of carbonyl (C=O) groups excluding carboxylic acids is 1. The van der Waals surface area contributed by atoms with Gasteiger partial charge in [0.25, 0.3) is 0 Å². The van der Waals surface area contributed by atoms with Crippen molar-refractivity contribution in [1.29, 1.82) is 0 Å². The minimum atomic E-state index is -0.600. The van der Waals surface area contributed by atoms with E-state index in [1.54, 1.807) is 12.4 Å². The van der Waals surface area contributed by atoms with Gasteiger partial charge < -0.3 is 20.7 Å². The zero-order valence-corrected chi connectivity index (χ0v) is 12.9. The molecule has 0 aromatic carbocycles. The Morgan fingerprint density at radius 2 is 2.05 bits per heavy atom. The number of methoxy groups -OCH3 is 1. The summed E-state index contributed by atoms with van der Waals surface area (Å²) < 4.78 is 4.86. The molecule has 0 saturated carbocycles. The molecule has 1 amide bonds. The van der Waals surface area contributed by atoms with Crippen molar-refractivity contribution in [1.82, 2.24) is 20.2 Å². The highest BCUT2D eigenvalue weighted by atomic mass is 16.5. The van der Waals surface area contributed by atoms with Gasteiger partial charge in [-0.1, -0.05) is 0 Å². The van der Waals surface area contributed by atoms with Crippen LogP contribution in [0.5, 0.6) is 0 Å². The molecule has 1 aromatic heterocycles. The van der Waals surface area contributed by atoms with Crippen LogP contribution in [0.4, 0.5) is 5.95 Å². The SMILES string of the molecule is COCC(N)C(=O)NCCN1CCN(c2ncccn2)CC1. The van der Waals surface area contributed by atoms with E-state index in [-0.39, 0.29) is 12.5 Å². The maximum atomic E-state index is 11.7. The number of aromatic nitrogens is 2. The molecule has 122 valence electrons. The van der Waals surface area contributed by atoms with Crippen LogP contribution >= 0.6 is 0 Å². The summed E-state index contributed by atoms with van der Waals surface area (Å²) >= 11 is 0. The van der Waals surface area contributed by atoms with Crippen LogP contribution in [0.3, 0.4) is 0 Å². The standard InChI is InChI=1S/C14H24N6O2/c1-22-11-12(15)13(21)16-5-6-19-7-9-20(10-8-19)14-17-3-2-4-18-14/h2-4,12H,5-11,15H2,1H3,(H,16,21). The Balaban J connectivity index is 1.65. The monoisotopic (exact) mass is 308 g/mol. The van der Waals surface area contributed by atoms with Crippen LogP contribution in [0.2, 0.25) is 0 Å². The first-order valence-electron chi connectivity index (χ1n) is 7.47. The van der Waals surface area contributed by atoms with Crippen molar-refractivity contribution >= 4 is 11.9 Å². The van der Waals surface area contributed by atoms with Crippen molar-refractivity contribution in [2.75, 3.05) is 57.9 Å². The summed E-state index contributed by atoms with van der Waals surface area (Å²) in [6, 6.07) is 1.22. The highest BCUT2D eigenvalue weighted by molar-refractivity contribution is 5.81. The summed E-state index contributed by atoms with van der Waals surface area (Å²) in [6.07, 6.45) is 3.51. The van der Waals surface area contributed by atoms with Gasteiger partial charge >= 0.3 is 0 Å². The van der Waals surface area contributed by atoms with E-state index in [4.69, 9.17) is 10.5 Å². The largest absolute Gasteiger partial charge is 0.383 e. The molecule has 2 heterocycles. The van der Waals surface area contributed by atoms with E-state index < -0.39 is 6.04 Å². The molecule has 1 atom stereocenters. The molecule has 1 fully saturated rings. The van der Waals surface area contributed by atoms with Gasteiger partial charge in [-0.25, -0.2) is 9.97 Å². The zero-order valence-electron chi connectivity index (χ0n) is 12.9. The molecular weight excluding hydrogens is 284 g/mol. The first kappa shape index (κ1) is 16.6. The smallest absolute Gasteiger partial charge is 0.239 e. The molecule has 1 aliphatic rings.